The van der Waals surface area contributed by atoms with Crippen LogP contribution in [-0.2, 0) is 13.0 Å². The molecule has 2 N–H and O–H groups in total. The summed E-state index contributed by atoms with van der Waals surface area (Å²) in [6.45, 7) is 7.68. The summed E-state index contributed by atoms with van der Waals surface area (Å²) in [5.41, 5.74) is 2.77. The molecule has 3 aromatic rings. The molecule has 0 aliphatic carbocycles. The van der Waals surface area contributed by atoms with Gasteiger partial charge in [0, 0.05) is 25.2 Å². The van der Waals surface area contributed by atoms with Crippen LogP contribution in [0, 0.1) is 6.92 Å². The van der Waals surface area contributed by atoms with E-state index < -0.39 is 0 Å². The van der Waals surface area contributed by atoms with Gasteiger partial charge in [-0.05, 0) is 44.9 Å². The number of urea groups is 1. The van der Waals surface area contributed by atoms with Gasteiger partial charge in [-0.25, -0.2) is 14.8 Å². The van der Waals surface area contributed by atoms with E-state index in [0.717, 1.165) is 54.2 Å². The zero-order valence-electron chi connectivity index (χ0n) is 16.0. The molecule has 8 heteroatoms. The lowest BCUT2D eigenvalue weighted by Gasteiger charge is -2.22. The van der Waals surface area contributed by atoms with E-state index in [0.29, 0.717) is 12.4 Å². The second-order valence-corrected chi connectivity index (χ2v) is 6.89. The summed E-state index contributed by atoms with van der Waals surface area (Å²) in [5.74, 6) is 2.52. The fourth-order valence-corrected chi connectivity index (χ4v) is 3.86. The fraction of sp³-hybridized carbons (Fsp3) is 0.474. The third kappa shape index (κ3) is 3.15. The summed E-state index contributed by atoms with van der Waals surface area (Å²) in [6.07, 6.45) is 2.71. The monoisotopic (exact) mass is 367 g/mol. The number of amides is 2. The maximum Gasteiger partial charge on any atom is 0.322 e. The Hall–Kier alpha value is -2.90. The van der Waals surface area contributed by atoms with E-state index >= 15 is 0 Å². The molecule has 1 fully saturated rings. The minimum absolute atomic E-state index is 0.0790. The van der Waals surface area contributed by atoms with Crippen LogP contribution in [0.3, 0.4) is 0 Å². The number of aromatic amines is 1. The van der Waals surface area contributed by atoms with Crippen molar-refractivity contribution < 1.29 is 4.79 Å². The minimum atomic E-state index is -0.120. The molecule has 8 nitrogen and oxygen atoms in total. The van der Waals surface area contributed by atoms with Crippen LogP contribution in [0.25, 0.3) is 11.0 Å². The van der Waals surface area contributed by atoms with Gasteiger partial charge in [0.25, 0.3) is 0 Å². The third-order valence-corrected chi connectivity index (χ3v) is 5.14. The molecule has 3 heterocycles. The highest BCUT2D eigenvalue weighted by Gasteiger charge is 2.32. The summed E-state index contributed by atoms with van der Waals surface area (Å²) < 4.78 is 2.21. The van der Waals surface area contributed by atoms with Gasteiger partial charge in [0.1, 0.15) is 11.6 Å². The van der Waals surface area contributed by atoms with E-state index in [1.165, 1.54) is 0 Å². The lowest BCUT2D eigenvalue weighted by Crippen LogP contribution is -2.34. The van der Waals surface area contributed by atoms with Crippen LogP contribution in [-0.4, -0.2) is 42.2 Å². The lowest BCUT2D eigenvalue weighted by molar-refractivity contribution is 0.205. The van der Waals surface area contributed by atoms with Gasteiger partial charge in [0.05, 0.1) is 17.1 Å². The molecule has 142 valence electrons. The van der Waals surface area contributed by atoms with Gasteiger partial charge in [-0.1, -0.05) is 6.92 Å². The SMILES string of the molecule is CCc1nc2cc(NC(=O)N3CCC[C@@H]3c3n[nH]c(C)n3)ccc2n1CC. The van der Waals surface area contributed by atoms with Crippen molar-refractivity contribution in [3.05, 3.63) is 35.7 Å². The smallest absolute Gasteiger partial charge is 0.322 e. The van der Waals surface area contributed by atoms with E-state index in [9.17, 15) is 4.79 Å². The van der Waals surface area contributed by atoms with Crippen LogP contribution in [0.1, 0.15) is 50.2 Å². The Labute approximate surface area is 158 Å². The number of H-pyrrole nitrogens is 1. The average Bonchev–Trinajstić information content (AvgIpc) is 3.38. The molecule has 1 saturated heterocycles. The molecule has 1 atom stereocenters. The maximum atomic E-state index is 12.8. The Morgan fingerprint density at radius 1 is 1.33 bits per heavy atom. The van der Waals surface area contributed by atoms with Crippen LogP contribution < -0.4 is 5.32 Å². The molecule has 27 heavy (non-hydrogen) atoms. The predicted octanol–water partition coefficient (Wildman–Crippen LogP) is 3.41. The Bertz CT molecular complexity index is 974. The van der Waals surface area contributed by atoms with Gasteiger partial charge in [0.2, 0.25) is 0 Å². The van der Waals surface area contributed by atoms with Crippen LogP contribution in [0.2, 0.25) is 0 Å². The highest BCUT2D eigenvalue weighted by molar-refractivity contribution is 5.92. The number of anilines is 1. The number of likely N-dealkylation sites (tertiary alicyclic amines) is 1. The molecule has 0 spiro atoms. The number of carbonyl (C=O) groups is 1. The van der Waals surface area contributed by atoms with E-state index in [1.807, 2.05) is 30.0 Å². The van der Waals surface area contributed by atoms with Crippen LogP contribution in [0.15, 0.2) is 18.2 Å². The van der Waals surface area contributed by atoms with Crippen LogP contribution in [0.5, 0.6) is 0 Å². The molecular weight excluding hydrogens is 342 g/mol. The Kier molecular flexibility index (Phi) is 4.55. The zero-order chi connectivity index (χ0) is 19.0. The maximum absolute atomic E-state index is 12.8. The van der Waals surface area contributed by atoms with E-state index in [2.05, 4.69) is 38.9 Å². The third-order valence-electron chi connectivity index (χ3n) is 5.14. The number of carbonyl (C=O) groups excluding carboxylic acids is 1. The number of aromatic nitrogens is 5. The van der Waals surface area contributed by atoms with Crippen molar-refractivity contribution >= 4 is 22.8 Å². The summed E-state index contributed by atoms with van der Waals surface area (Å²) in [4.78, 5) is 23.8. The van der Waals surface area contributed by atoms with Gasteiger partial charge in [0.15, 0.2) is 5.82 Å². The Morgan fingerprint density at radius 3 is 2.89 bits per heavy atom. The Balaban J connectivity index is 1.55. The minimum Gasteiger partial charge on any atom is -0.328 e. The van der Waals surface area contributed by atoms with Crippen molar-refractivity contribution in [2.75, 3.05) is 11.9 Å². The van der Waals surface area contributed by atoms with E-state index in [1.54, 1.807) is 0 Å². The van der Waals surface area contributed by atoms with Gasteiger partial charge >= 0.3 is 6.03 Å². The van der Waals surface area contributed by atoms with Crippen molar-refractivity contribution in [2.24, 2.45) is 0 Å². The van der Waals surface area contributed by atoms with Crippen molar-refractivity contribution in [1.29, 1.82) is 0 Å². The molecule has 1 aliphatic heterocycles. The summed E-state index contributed by atoms with van der Waals surface area (Å²) in [6, 6.07) is 5.71. The topological polar surface area (TPSA) is 91.7 Å². The summed E-state index contributed by atoms with van der Waals surface area (Å²) >= 11 is 0. The number of imidazole rings is 1. The number of fused-ring (bicyclic) bond motifs is 1. The first-order valence-electron chi connectivity index (χ1n) is 9.56. The van der Waals surface area contributed by atoms with Gasteiger partial charge < -0.3 is 14.8 Å². The molecule has 4 rings (SSSR count). The molecule has 0 bridgehead atoms. The summed E-state index contributed by atoms with van der Waals surface area (Å²) in [7, 11) is 0. The quantitative estimate of drug-likeness (QED) is 0.739. The molecule has 2 aromatic heterocycles. The Morgan fingerprint density at radius 2 is 2.19 bits per heavy atom. The highest BCUT2D eigenvalue weighted by Crippen LogP contribution is 2.30. The normalized spacial score (nSPS) is 17.0. The molecule has 1 aromatic carbocycles. The standard InChI is InChI=1S/C19H25N7O/c1-4-17-22-14-11-13(8-9-15(14)25(17)5-2)21-19(27)26-10-6-7-16(26)18-20-12(3)23-24-18/h8-9,11,16H,4-7,10H2,1-3H3,(H,21,27)(H,20,23,24)/t16-/m1/s1. The predicted molar refractivity (Wildman–Crippen MR) is 104 cm³/mol. The molecule has 2 amide bonds. The second-order valence-electron chi connectivity index (χ2n) is 6.89. The largest absolute Gasteiger partial charge is 0.328 e. The lowest BCUT2D eigenvalue weighted by atomic mass is 10.2. The van der Waals surface area contributed by atoms with E-state index in [4.69, 9.17) is 4.98 Å². The second kappa shape index (κ2) is 7.02. The number of nitrogens with zero attached hydrogens (tertiary/aromatic N) is 5. The molecular formula is C19H25N7O. The highest BCUT2D eigenvalue weighted by atomic mass is 16.2. The van der Waals surface area contributed by atoms with E-state index in [-0.39, 0.29) is 12.1 Å². The number of nitrogens with one attached hydrogen (secondary N) is 2. The van der Waals surface area contributed by atoms with Gasteiger partial charge in [-0.15, -0.1) is 0 Å². The molecule has 0 saturated carbocycles. The molecule has 1 aliphatic rings. The summed E-state index contributed by atoms with van der Waals surface area (Å²) in [5, 5.41) is 10.1. The fourth-order valence-electron chi connectivity index (χ4n) is 3.86. The first kappa shape index (κ1) is 17.5. The van der Waals surface area contributed by atoms with Gasteiger partial charge in [-0.2, -0.15) is 5.10 Å². The number of hydrogen-bond acceptors (Lipinski definition) is 4. The number of aryl methyl sites for hydroxylation is 3. The average molecular weight is 367 g/mol. The first-order chi connectivity index (χ1) is 13.1. The molecule has 0 unspecified atom stereocenters. The van der Waals surface area contributed by atoms with Crippen molar-refractivity contribution in [3.8, 4) is 0 Å². The van der Waals surface area contributed by atoms with Crippen LogP contribution >= 0.6 is 0 Å². The number of benzene rings is 1. The zero-order valence-corrected chi connectivity index (χ0v) is 16.0. The van der Waals surface area contributed by atoms with Crippen molar-refractivity contribution in [3.63, 3.8) is 0 Å². The van der Waals surface area contributed by atoms with Gasteiger partial charge in [-0.3, -0.25) is 5.10 Å². The van der Waals surface area contributed by atoms with Crippen molar-refractivity contribution in [1.82, 2.24) is 29.6 Å². The first-order valence-corrected chi connectivity index (χ1v) is 9.56. The van der Waals surface area contributed by atoms with Crippen LogP contribution in [0.4, 0.5) is 10.5 Å². The number of rotatable bonds is 4. The molecule has 0 radical (unpaired) electrons. The number of hydrogen-bond donors (Lipinski definition) is 2. The van der Waals surface area contributed by atoms with Crippen molar-refractivity contribution in [2.45, 2.75) is 52.6 Å².